The molecule has 2 amide bonds. The average molecular weight is 256 g/mol. The second kappa shape index (κ2) is 6.61. The second-order valence-electron chi connectivity index (χ2n) is 5.67. The first kappa shape index (κ1) is 14.8. The maximum Gasteiger partial charge on any atom is 0.317 e. The zero-order valence-electron chi connectivity index (χ0n) is 11.6. The molecule has 5 nitrogen and oxygen atoms in total. The van der Waals surface area contributed by atoms with Crippen molar-refractivity contribution in [2.24, 2.45) is 5.41 Å². The summed E-state index contributed by atoms with van der Waals surface area (Å²) in [4.78, 5) is 25.0. The van der Waals surface area contributed by atoms with Crippen LogP contribution in [0.2, 0.25) is 0 Å². The van der Waals surface area contributed by atoms with Crippen molar-refractivity contribution in [3.8, 4) is 0 Å². The molecule has 0 atom stereocenters. The van der Waals surface area contributed by atoms with Crippen LogP contribution in [0.1, 0.15) is 40.0 Å². The Morgan fingerprint density at radius 1 is 1.17 bits per heavy atom. The van der Waals surface area contributed by atoms with Crippen molar-refractivity contribution in [1.82, 2.24) is 10.2 Å². The first-order valence-corrected chi connectivity index (χ1v) is 6.61. The van der Waals surface area contributed by atoms with Gasteiger partial charge in [-0.15, -0.1) is 0 Å². The number of hydrogen-bond acceptors (Lipinski definition) is 3. The normalized spacial score (nSPS) is 16.3. The Labute approximate surface area is 109 Å². The van der Waals surface area contributed by atoms with Crippen molar-refractivity contribution in [2.45, 2.75) is 40.0 Å². The zero-order chi connectivity index (χ0) is 13.6. The van der Waals surface area contributed by atoms with Crippen LogP contribution >= 0.6 is 0 Å². The number of nitrogens with one attached hydrogen (secondary N) is 1. The predicted octanol–water partition coefficient (Wildman–Crippen LogP) is 1.77. The molecular weight excluding hydrogens is 232 g/mol. The largest absolute Gasteiger partial charge is 0.463 e. The fraction of sp³-hybridized carbons (Fsp3) is 0.846. The lowest BCUT2D eigenvalue weighted by molar-refractivity contribution is -0.152. The molecule has 18 heavy (non-hydrogen) atoms. The Kier molecular flexibility index (Phi) is 5.44. The third kappa shape index (κ3) is 4.94. The summed E-state index contributed by atoms with van der Waals surface area (Å²) in [5, 5.41) is 2.77. The molecule has 5 heteroatoms. The minimum absolute atomic E-state index is 0.0542. The molecule has 1 N–H and O–H groups in total. The summed E-state index contributed by atoms with van der Waals surface area (Å²) < 4.78 is 5.07. The molecule has 0 aromatic rings. The van der Waals surface area contributed by atoms with Crippen LogP contribution < -0.4 is 5.32 Å². The van der Waals surface area contributed by atoms with Crippen molar-refractivity contribution in [2.75, 3.05) is 26.2 Å². The third-order valence-electron chi connectivity index (χ3n) is 2.87. The van der Waals surface area contributed by atoms with Gasteiger partial charge in [-0.25, -0.2) is 4.79 Å². The van der Waals surface area contributed by atoms with E-state index in [9.17, 15) is 9.59 Å². The van der Waals surface area contributed by atoms with Gasteiger partial charge in [0.25, 0.3) is 0 Å². The predicted molar refractivity (Wildman–Crippen MR) is 69.2 cm³/mol. The third-order valence-corrected chi connectivity index (χ3v) is 2.87. The molecule has 0 spiro atoms. The topological polar surface area (TPSA) is 58.6 Å². The van der Waals surface area contributed by atoms with E-state index in [1.807, 2.05) is 25.7 Å². The van der Waals surface area contributed by atoms with Crippen LogP contribution in [0.4, 0.5) is 4.79 Å². The summed E-state index contributed by atoms with van der Waals surface area (Å²) in [5.41, 5.74) is -0.489. The van der Waals surface area contributed by atoms with Gasteiger partial charge in [-0.1, -0.05) is 0 Å². The molecule has 0 aliphatic carbocycles. The van der Waals surface area contributed by atoms with E-state index >= 15 is 0 Å². The monoisotopic (exact) mass is 256 g/mol. The van der Waals surface area contributed by atoms with E-state index in [2.05, 4.69) is 5.32 Å². The number of likely N-dealkylation sites (tertiary alicyclic amines) is 1. The van der Waals surface area contributed by atoms with Gasteiger partial charge in [-0.2, -0.15) is 0 Å². The van der Waals surface area contributed by atoms with E-state index in [1.54, 1.807) is 0 Å². The Balaban J connectivity index is 2.14. The molecule has 0 radical (unpaired) electrons. The van der Waals surface area contributed by atoms with Gasteiger partial charge in [0.1, 0.15) is 6.61 Å². The molecule has 104 valence electrons. The smallest absolute Gasteiger partial charge is 0.317 e. The Hall–Kier alpha value is -1.26. The lowest BCUT2D eigenvalue weighted by Gasteiger charge is -2.26. The molecule has 1 aliphatic heterocycles. The molecule has 1 fully saturated rings. The summed E-state index contributed by atoms with van der Waals surface area (Å²) in [6.07, 6.45) is 3.35. The number of amides is 2. The van der Waals surface area contributed by atoms with Crippen LogP contribution in [-0.2, 0) is 9.53 Å². The fourth-order valence-electron chi connectivity index (χ4n) is 1.73. The van der Waals surface area contributed by atoms with E-state index in [0.29, 0.717) is 6.54 Å². The zero-order valence-corrected chi connectivity index (χ0v) is 11.6. The van der Waals surface area contributed by atoms with Crippen molar-refractivity contribution >= 4 is 12.0 Å². The van der Waals surface area contributed by atoms with Gasteiger partial charge in [-0.05, 0) is 40.0 Å². The van der Waals surface area contributed by atoms with Gasteiger partial charge in [0.05, 0.1) is 12.0 Å². The number of ether oxygens (including phenoxy) is 1. The van der Waals surface area contributed by atoms with Gasteiger partial charge in [0.2, 0.25) is 0 Å². The lowest BCUT2D eigenvalue weighted by atomic mass is 9.97. The molecule has 0 saturated carbocycles. The highest BCUT2D eigenvalue weighted by molar-refractivity contribution is 5.75. The number of nitrogens with zero attached hydrogens (tertiary/aromatic N) is 1. The molecular formula is C13H24N2O3. The fourth-order valence-corrected chi connectivity index (χ4v) is 1.73. The minimum atomic E-state index is -0.489. The van der Waals surface area contributed by atoms with Gasteiger partial charge in [0.15, 0.2) is 0 Å². The number of carbonyl (C=O) groups is 2. The number of carbonyl (C=O) groups excluding carboxylic acids is 2. The maximum absolute atomic E-state index is 11.7. The Morgan fingerprint density at radius 2 is 1.78 bits per heavy atom. The SMILES string of the molecule is CC(C)(C)C(=O)OCCNC(=O)N1CCCCC1. The van der Waals surface area contributed by atoms with E-state index in [-0.39, 0.29) is 18.6 Å². The average Bonchev–Trinajstić information content (AvgIpc) is 2.34. The highest BCUT2D eigenvalue weighted by atomic mass is 16.5. The van der Waals surface area contributed by atoms with Crippen LogP contribution in [0.15, 0.2) is 0 Å². The van der Waals surface area contributed by atoms with Gasteiger partial charge in [0, 0.05) is 13.1 Å². The molecule has 0 unspecified atom stereocenters. The van der Waals surface area contributed by atoms with Crippen LogP contribution in [0, 0.1) is 5.41 Å². The standard InChI is InChI=1S/C13H24N2O3/c1-13(2,3)11(16)18-10-7-14-12(17)15-8-5-4-6-9-15/h4-10H2,1-3H3,(H,14,17). The molecule has 0 aromatic carbocycles. The van der Waals surface area contributed by atoms with E-state index in [1.165, 1.54) is 6.42 Å². The van der Waals surface area contributed by atoms with Crippen molar-refractivity contribution < 1.29 is 14.3 Å². The Morgan fingerprint density at radius 3 is 2.33 bits per heavy atom. The summed E-state index contributed by atoms with van der Waals surface area (Å²) in [5.74, 6) is -0.241. The number of urea groups is 1. The molecule has 0 aromatic heterocycles. The van der Waals surface area contributed by atoms with Crippen molar-refractivity contribution in [3.63, 3.8) is 0 Å². The van der Waals surface area contributed by atoms with Crippen LogP contribution in [-0.4, -0.2) is 43.1 Å². The van der Waals surface area contributed by atoms with E-state index in [4.69, 9.17) is 4.74 Å². The summed E-state index contributed by atoms with van der Waals surface area (Å²) in [6.45, 7) is 7.68. The maximum atomic E-state index is 11.7. The molecule has 1 aliphatic rings. The molecule has 1 heterocycles. The van der Waals surface area contributed by atoms with Gasteiger partial charge >= 0.3 is 12.0 Å². The van der Waals surface area contributed by atoms with Crippen molar-refractivity contribution in [1.29, 1.82) is 0 Å². The minimum Gasteiger partial charge on any atom is -0.463 e. The highest BCUT2D eigenvalue weighted by Gasteiger charge is 2.23. The van der Waals surface area contributed by atoms with Gasteiger partial charge < -0.3 is 15.0 Å². The molecule has 1 rings (SSSR count). The highest BCUT2D eigenvalue weighted by Crippen LogP contribution is 2.14. The Bertz CT molecular complexity index is 291. The summed E-state index contributed by atoms with van der Waals surface area (Å²) >= 11 is 0. The van der Waals surface area contributed by atoms with Crippen LogP contribution in [0.3, 0.4) is 0 Å². The molecule has 1 saturated heterocycles. The van der Waals surface area contributed by atoms with E-state index < -0.39 is 5.41 Å². The lowest BCUT2D eigenvalue weighted by Crippen LogP contribution is -2.44. The first-order chi connectivity index (χ1) is 8.41. The first-order valence-electron chi connectivity index (χ1n) is 6.61. The number of hydrogen-bond donors (Lipinski definition) is 1. The van der Waals surface area contributed by atoms with Gasteiger partial charge in [-0.3, -0.25) is 4.79 Å². The molecule has 0 bridgehead atoms. The summed E-state index contributed by atoms with van der Waals surface area (Å²) in [6, 6.07) is -0.0542. The second-order valence-corrected chi connectivity index (χ2v) is 5.67. The quantitative estimate of drug-likeness (QED) is 0.618. The number of rotatable bonds is 3. The summed E-state index contributed by atoms with van der Waals surface area (Å²) in [7, 11) is 0. The van der Waals surface area contributed by atoms with E-state index in [0.717, 1.165) is 25.9 Å². The van der Waals surface area contributed by atoms with Crippen molar-refractivity contribution in [3.05, 3.63) is 0 Å². The number of esters is 1. The number of piperidine rings is 1. The van der Waals surface area contributed by atoms with Crippen LogP contribution in [0.5, 0.6) is 0 Å². The van der Waals surface area contributed by atoms with Crippen LogP contribution in [0.25, 0.3) is 0 Å².